The van der Waals surface area contributed by atoms with E-state index in [1.165, 1.54) is 17.5 Å². The highest BCUT2D eigenvalue weighted by atomic mass is 32.2. The molecule has 254 valence electrons. The number of ether oxygens (including phenoxy) is 3. The second-order valence-electron chi connectivity index (χ2n) is 7.73. The third-order valence-corrected chi connectivity index (χ3v) is 6.02. The van der Waals surface area contributed by atoms with Gasteiger partial charge in [-0.2, -0.15) is 5.10 Å². The number of primary amides is 1. The number of aryl methyl sites for hydroxylation is 1. The summed E-state index contributed by atoms with van der Waals surface area (Å²) in [5.74, 6) is 1.90. The van der Waals surface area contributed by atoms with Crippen LogP contribution in [-0.2, 0) is 29.1 Å². The van der Waals surface area contributed by atoms with Gasteiger partial charge in [0, 0.05) is 18.9 Å². The average molecular weight is 650 g/mol. The van der Waals surface area contributed by atoms with Crippen LogP contribution in [0.25, 0.3) is 11.0 Å². The monoisotopic (exact) mass is 649 g/mol. The first-order chi connectivity index (χ1) is 22.1. The van der Waals surface area contributed by atoms with Crippen molar-refractivity contribution in [3.8, 4) is 11.5 Å². The van der Waals surface area contributed by atoms with Crippen molar-refractivity contribution in [3.63, 3.8) is 0 Å². The second-order valence-corrected chi connectivity index (χ2v) is 8.58. The van der Waals surface area contributed by atoms with Crippen molar-refractivity contribution in [1.29, 1.82) is 0 Å². The van der Waals surface area contributed by atoms with E-state index in [-0.39, 0.29) is 19.6 Å². The van der Waals surface area contributed by atoms with Crippen molar-refractivity contribution >= 4 is 35.1 Å². The lowest BCUT2D eigenvalue weighted by Crippen LogP contribution is -2.03. The lowest BCUT2D eigenvalue weighted by atomic mass is 10.1. The van der Waals surface area contributed by atoms with E-state index in [1.54, 1.807) is 20.4 Å². The summed E-state index contributed by atoms with van der Waals surface area (Å²) in [6.45, 7) is 19.4. The van der Waals surface area contributed by atoms with Gasteiger partial charge in [-0.05, 0) is 53.8 Å². The molecular formula is C33H55N5O6S. The molecule has 12 heteroatoms. The van der Waals surface area contributed by atoms with Crippen molar-refractivity contribution in [1.82, 2.24) is 14.9 Å². The molecular weight excluding hydrogens is 594 g/mol. The van der Waals surface area contributed by atoms with E-state index < -0.39 is 0 Å². The van der Waals surface area contributed by atoms with E-state index in [1.807, 2.05) is 90.5 Å². The van der Waals surface area contributed by atoms with Gasteiger partial charge < -0.3 is 34.3 Å². The molecule has 0 saturated heterocycles. The Bertz CT molecular complexity index is 1300. The molecule has 1 amide bonds. The highest BCUT2D eigenvalue weighted by molar-refractivity contribution is 8.00. The predicted octanol–water partition coefficient (Wildman–Crippen LogP) is 7.49. The average Bonchev–Trinajstić information content (AvgIpc) is 3.73. The van der Waals surface area contributed by atoms with E-state index in [2.05, 4.69) is 33.7 Å². The minimum Gasteiger partial charge on any atom is -0.496 e. The van der Waals surface area contributed by atoms with E-state index in [9.17, 15) is 0 Å². The summed E-state index contributed by atoms with van der Waals surface area (Å²) in [5, 5.41) is 18.5. The maximum Gasteiger partial charge on any atom is 0.204 e. The zero-order valence-corrected chi connectivity index (χ0v) is 29.8. The van der Waals surface area contributed by atoms with Crippen molar-refractivity contribution in [3.05, 3.63) is 59.4 Å². The fourth-order valence-corrected chi connectivity index (χ4v) is 4.35. The van der Waals surface area contributed by atoms with Gasteiger partial charge in [-0.1, -0.05) is 73.5 Å². The number of nitrogens with two attached hydrogens (primary N) is 1. The smallest absolute Gasteiger partial charge is 0.204 e. The minimum atomic E-state index is -0.0489. The van der Waals surface area contributed by atoms with Gasteiger partial charge in [0.05, 0.1) is 38.0 Å². The lowest BCUT2D eigenvalue weighted by molar-refractivity contribution is -0.106. The van der Waals surface area contributed by atoms with Gasteiger partial charge in [0.15, 0.2) is 11.4 Å². The normalized spacial score (nSPS) is 9.24. The number of anilines is 1. The molecule has 0 atom stereocenters. The van der Waals surface area contributed by atoms with Crippen molar-refractivity contribution < 1.29 is 28.6 Å². The van der Waals surface area contributed by atoms with Crippen LogP contribution in [0.1, 0.15) is 79.0 Å². The zero-order valence-electron chi connectivity index (χ0n) is 29.0. The Hall–Kier alpha value is -3.74. The second kappa shape index (κ2) is 27.8. The number of carbonyl (C=O) groups excluding carboxylic acids is 1. The molecule has 0 saturated carbocycles. The molecule has 0 aliphatic rings. The Morgan fingerprint density at radius 2 is 1.67 bits per heavy atom. The molecule has 0 radical (unpaired) electrons. The van der Waals surface area contributed by atoms with Gasteiger partial charge in [0.1, 0.15) is 23.5 Å². The summed E-state index contributed by atoms with van der Waals surface area (Å²) in [7, 11) is 3.28. The van der Waals surface area contributed by atoms with E-state index in [4.69, 9.17) is 28.6 Å². The molecule has 4 rings (SSSR count). The number of nitrogens with zero attached hydrogens (tertiary/aromatic N) is 3. The van der Waals surface area contributed by atoms with Crippen LogP contribution in [0, 0.1) is 0 Å². The number of rotatable bonds is 12. The molecule has 4 aromatic rings. The van der Waals surface area contributed by atoms with Crippen LogP contribution in [0.15, 0.2) is 52.1 Å². The highest BCUT2D eigenvalue weighted by Crippen LogP contribution is 2.37. The first-order valence-electron chi connectivity index (χ1n) is 15.5. The van der Waals surface area contributed by atoms with Crippen LogP contribution < -0.4 is 19.9 Å². The maximum absolute atomic E-state index is 9.12. The Morgan fingerprint density at radius 1 is 1.00 bits per heavy atom. The first kappa shape index (κ1) is 43.4. The molecule has 2 aromatic carbocycles. The van der Waals surface area contributed by atoms with E-state index >= 15 is 0 Å². The summed E-state index contributed by atoms with van der Waals surface area (Å²) in [5.41, 5.74) is 7.94. The number of hydrogen-bond acceptors (Lipinski definition) is 10. The highest BCUT2D eigenvalue weighted by Gasteiger charge is 2.17. The quantitative estimate of drug-likeness (QED) is 0.104. The number of hydrogen-bond donors (Lipinski definition) is 3. The molecule has 0 aliphatic heterocycles. The largest absolute Gasteiger partial charge is 0.496 e. The standard InChI is InChI=1S/C24H28N4O5S.4C2H6.CH3NO/c1-4-16-5-6-19(32-8-7-29)22(11-16)34-27-24-23-20(31-3)9-17(10-21(23)33-26-24)13-28-14-18(12-25-28)15-30-2;4*1-2;2-1-3/h5-6,9-12,14,29H,4,7-8,13,15H2,1-3H3,(H,26,27);4*1-2H3;1H,(H2,2,3). The van der Waals surface area contributed by atoms with E-state index in [0.717, 1.165) is 27.8 Å². The number of benzene rings is 2. The Morgan fingerprint density at radius 3 is 2.24 bits per heavy atom. The maximum atomic E-state index is 9.12. The van der Waals surface area contributed by atoms with Gasteiger partial charge in [-0.3, -0.25) is 9.48 Å². The number of amides is 1. The molecule has 4 N–H and O–H groups in total. The van der Waals surface area contributed by atoms with Crippen LogP contribution in [0.4, 0.5) is 5.82 Å². The summed E-state index contributed by atoms with van der Waals surface area (Å²) in [6, 6.07) is 9.89. The molecule has 2 aromatic heterocycles. The van der Waals surface area contributed by atoms with Gasteiger partial charge in [-0.25, -0.2) is 0 Å². The van der Waals surface area contributed by atoms with Gasteiger partial charge in [0.25, 0.3) is 0 Å². The van der Waals surface area contributed by atoms with Crippen LogP contribution in [-0.4, -0.2) is 53.9 Å². The fraction of sp³-hybridized carbons (Fsp3) is 0.485. The Balaban J connectivity index is 0. The van der Waals surface area contributed by atoms with Crippen LogP contribution >= 0.6 is 11.9 Å². The SMILES string of the molecule is CC.CC.CC.CC.CCc1ccc(OCCO)c(SNc2noc3cc(Cn4cc(COC)cn4)cc(OC)c23)c1.NC=O. The third kappa shape index (κ3) is 14.7. The molecule has 0 spiro atoms. The minimum absolute atomic E-state index is 0.0489. The number of aromatic nitrogens is 3. The summed E-state index contributed by atoms with van der Waals surface area (Å²) >= 11 is 1.37. The van der Waals surface area contributed by atoms with Crippen LogP contribution in [0.3, 0.4) is 0 Å². The van der Waals surface area contributed by atoms with Gasteiger partial charge in [0.2, 0.25) is 6.41 Å². The fourth-order valence-electron chi connectivity index (χ4n) is 3.56. The van der Waals surface area contributed by atoms with Crippen molar-refractivity contribution in [2.45, 2.75) is 86.8 Å². The number of nitrogens with one attached hydrogen (secondary N) is 1. The van der Waals surface area contributed by atoms with Crippen molar-refractivity contribution in [2.75, 3.05) is 32.2 Å². The summed E-state index contributed by atoms with van der Waals surface area (Å²) in [4.78, 5) is 9.48. The van der Waals surface area contributed by atoms with Gasteiger partial charge in [-0.15, -0.1) is 0 Å². The summed E-state index contributed by atoms with van der Waals surface area (Å²) in [6.07, 6.45) is 4.89. The number of carbonyl (C=O) groups is 1. The number of aliphatic hydroxyl groups excluding tert-OH is 1. The number of aliphatic hydroxyl groups is 1. The van der Waals surface area contributed by atoms with E-state index in [0.29, 0.717) is 36.1 Å². The Labute approximate surface area is 273 Å². The predicted molar refractivity (Wildman–Crippen MR) is 186 cm³/mol. The first-order valence-corrected chi connectivity index (χ1v) is 16.3. The Kier molecular flexibility index (Phi) is 26.8. The molecule has 0 aliphatic carbocycles. The number of fused-ring (bicyclic) bond motifs is 1. The molecule has 0 unspecified atom stereocenters. The molecule has 2 heterocycles. The topological polar surface area (TPSA) is 147 Å². The zero-order chi connectivity index (χ0) is 34.6. The molecule has 11 nitrogen and oxygen atoms in total. The van der Waals surface area contributed by atoms with Crippen LogP contribution in [0.2, 0.25) is 0 Å². The molecule has 0 fully saturated rings. The molecule has 45 heavy (non-hydrogen) atoms. The molecule has 0 bridgehead atoms. The summed E-state index contributed by atoms with van der Waals surface area (Å²) < 4.78 is 27.2. The van der Waals surface area contributed by atoms with Crippen LogP contribution in [0.5, 0.6) is 11.5 Å². The lowest BCUT2D eigenvalue weighted by Gasteiger charge is -2.12. The van der Waals surface area contributed by atoms with Crippen molar-refractivity contribution in [2.24, 2.45) is 5.73 Å². The third-order valence-electron chi connectivity index (χ3n) is 5.18. The van der Waals surface area contributed by atoms with Gasteiger partial charge >= 0.3 is 0 Å². The number of methoxy groups -OCH3 is 2.